The Morgan fingerprint density at radius 2 is 1.75 bits per heavy atom. The van der Waals surface area contributed by atoms with Gasteiger partial charge in [-0.3, -0.25) is 4.40 Å². The van der Waals surface area contributed by atoms with Crippen LogP contribution in [0.2, 0.25) is 0 Å². The van der Waals surface area contributed by atoms with Gasteiger partial charge in [0.25, 0.3) is 5.89 Å². The molecule has 0 aliphatic carbocycles. The summed E-state index contributed by atoms with van der Waals surface area (Å²) in [5.41, 5.74) is -4.53. The van der Waals surface area contributed by atoms with Gasteiger partial charge in [0.05, 0.1) is 11.1 Å². The Morgan fingerprint density at radius 3 is 2.32 bits per heavy atom. The number of aromatic nitrogens is 5. The van der Waals surface area contributed by atoms with Crippen molar-refractivity contribution in [2.75, 3.05) is 0 Å². The van der Waals surface area contributed by atoms with Crippen molar-refractivity contribution in [2.45, 2.75) is 12.4 Å². The lowest BCUT2D eigenvalue weighted by Crippen LogP contribution is -2.15. The van der Waals surface area contributed by atoms with E-state index in [-0.39, 0.29) is 28.9 Å². The third-order valence-corrected chi connectivity index (χ3v) is 3.80. The summed E-state index contributed by atoms with van der Waals surface area (Å²) < 4.78 is 85.4. The highest BCUT2D eigenvalue weighted by Gasteiger charge is 2.40. The van der Waals surface area contributed by atoms with Gasteiger partial charge in [-0.25, -0.2) is 9.97 Å². The van der Waals surface area contributed by atoms with Crippen LogP contribution in [0.25, 0.3) is 28.3 Å². The molecule has 0 aromatic carbocycles. The number of halogens is 6. The van der Waals surface area contributed by atoms with Crippen LogP contribution in [0.3, 0.4) is 0 Å². The van der Waals surface area contributed by atoms with Crippen LogP contribution in [0, 0.1) is 11.3 Å². The minimum Gasteiger partial charge on any atom is -0.422 e. The predicted octanol–water partition coefficient (Wildman–Crippen LogP) is 3.84. The van der Waals surface area contributed by atoms with Crippen molar-refractivity contribution in [3.63, 3.8) is 0 Å². The van der Waals surface area contributed by atoms with Gasteiger partial charge in [-0.1, -0.05) is 0 Å². The number of hydrogen-bond donors (Lipinski definition) is 0. The molecule has 0 atom stereocenters. The molecule has 0 N–H and O–H groups in total. The van der Waals surface area contributed by atoms with E-state index in [2.05, 4.69) is 20.2 Å². The highest BCUT2D eigenvalue weighted by Crippen LogP contribution is 2.39. The van der Waals surface area contributed by atoms with Gasteiger partial charge in [-0.2, -0.15) is 31.6 Å². The molecular weight excluding hydrogens is 394 g/mol. The number of nitriles is 1. The van der Waals surface area contributed by atoms with Gasteiger partial charge in [0, 0.05) is 11.6 Å². The van der Waals surface area contributed by atoms with Crippen molar-refractivity contribution < 1.29 is 30.8 Å². The maximum Gasteiger partial charge on any atom is 0.433 e. The number of rotatable bonds is 1. The summed E-state index contributed by atoms with van der Waals surface area (Å²) in [6.45, 7) is 0. The molecule has 0 bridgehead atoms. The summed E-state index contributed by atoms with van der Waals surface area (Å²) in [6, 6.07) is 2.38. The van der Waals surface area contributed by atoms with Crippen molar-refractivity contribution >= 4 is 16.7 Å². The molecule has 4 rings (SSSR count). The van der Waals surface area contributed by atoms with Crippen LogP contribution in [-0.2, 0) is 12.4 Å². The Morgan fingerprint density at radius 1 is 1.00 bits per heavy atom. The van der Waals surface area contributed by atoms with Crippen molar-refractivity contribution in [1.82, 2.24) is 24.6 Å². The fourth-order valence-corrected chi connectivity index (χ4v) is 2.66. The van der Waals surface area contributed by atoms with E-state index in [1.165, 1.54) is 0 Å². The molecule has 142 valence electrons. The summed E-state index contributed by atoms with van der Waals surface area (Å²) in [5, 5.41) is 15.6. The molecule has 0 aliphatic heterocycles. The molecule has 0 saturated carbocycles. The van der Waals surface area contributed by atoms with Gasteiger partial charge in [-0.05, 0) is 12.1 Å². The van der Waals surface area contributed by atoms with Crippen molar-refractivity contribution in [2.24, 2.45) is 0 Å². The van der Waals surface area contributed by atoms with Gasteiger partial charge < -0.3 is 4.42 Å². The highest BCUT2D eigenvalue weighted by molar-refractivity contribution is 5.86. The van der Waals surface area contributed by atoms with E-state index < -0.39 is 34.6 Å². The Bertz CT molecular complexity index is 1250. The smallest absolute Gasteiger partial charge is 0.422 e. The normalized spacial score (nSPS) is 12.6. The Balaban J connectivity index is 2.18. The second-order valence-corrected chi connectivity index (χ2v) is 5.52. The van der Waals surface area contributed by atoms with Gasteiger partial charge in [0.15, 0.2) is 5.65 Å². The molecule has 7 nitrogen and oxygen atoms in total. The lowest BCUT2D eigenvalue weighted by Gasteiger charge is -2.15. The first-order valence-corrected chi connectivity index (χ1v) is 7.27. The van der Waals surface area contributed by atoms with Crippen molar-refractivity contribution in [1.29, 1.82) is 5.26 Å². The van der Waals surface area contributed by atoms with E-state index in [1.807, 2.05) is 0 Å². The largest absolute Gasteiger partial charge is 0.433 e. The molecule has 0 unspecified atom stereocenters. The van der Waals surface area contributed by atoms with Crippen LogP contribution in [-0.4, -0.2) is 24.6 Å². The molecule has 0 radical (unpaired) electrons. The van der Waals surface area contributed by atoms with Crippen LogP contribution in [0.4, 0.5) is 26.3 Å². The van der Waals surface area contributed by atoms with Crippen LogP contribution in [0.5, 0.6) is 0 Å². The monoisotopic (exact) mass is 398 g/mol. The second-order valence-electron chi connectivity index (χ2n) is 5.52. The number of alkyl halides is 6. The third-order valence-electron chi connectivity index (χ3n) is 3.80. The van der Waals surface area contributed by atoms with E-state index in [0.717, 1.165) is 23.1 Å². The Labute approximate surface area is 149 Å². The lowest BCUT2D eigenvalue weighted by atomic mass is 10.1. The third kappa shape index (κ3) is 2.70. The average Bonchev–Trinajstić information content (AvgIpc) is 3.27. The van der Waals surface area contributed by atoms with E-state index >= 15 is 0 Å². The maximum absolute atomic E-state index is 13.4. The number of imidazole rings is 1. The zero-order valence-electron chi connectivity index (χ0n) is 13.2. The highest BCUT2D eigenvalue weighted by atomic mass is 19.4. The zero-order valence-corrected chi connectivity index (χ0v) is 13.2. The fraction of sp³-hybridized carbons (Fsp3) is 0.133. The fourth-order valence-electron chi connectivity index (χ4n) is 2.66. The van der Waals surface area contributed by atoms with Gasteiger partial charge >= 0.3 is 12.4 Å². The van der Waals surface area contributed by atoms with E-state index in [0.29, 0.717) is 0 Å². The van der Waals surface area contributed by atoms with E-state index in [1.54, 1.807) is 6.07 Å². The summed E-state index contributed by atoms with van der Waals surface area (Å²) in [5.74, 6) is -0.135. The van der Waals surface area contributed by atoms with Gasteiger partial charge in [0.1, 0.15) is 23.1 Å². The Hall–Kier alpha value is -3.69. The number of nitrogens with zero attached hydrogens (tertiary/aromatic N) is 6. The van der Waals surface area contributed by atoms with Crippen LogP contribution >= 0.6 is 0 Å². The number of pyridine rings is 2. The summed E-state index contributed by atoms with van der Waals surface area (Å²) in [7, 11) is 0. The quantitative estimate of drug-likeness (QED) is 0.453. The summed E-state index contributed by atoms with van der Waals surface area (Å²) in [6.07, 6.45) is -8.20. The molecule has 13 heteroatoms. The SMILES string of the molecule is N#Cc1cc2c(C(F)(F)F)cc(C(F)(F)F)nc2n2cc(-c3nnco3)nc12. The van der Waals surface area contributed by atoms with E-state index in [9.17, 15) is 31.6 Å². The average molecular weight is 398 g/mol. The lowest BCUT2D eigenvalue weighted by molar-refractivity contribution is -0.144. The summed E-state index contributed by atoms with van der Waals surface area (Å²) >= 11 is 0. The van der Waals surface area contributed by atoms with Crippen LogP contribution in [0.1, 0.15) is 16.8 Å². The molecule has 0 saturated heterocycles. The molecule has 0 spiro atoms. The van der Waals surface area contributed by atoms with E-state index in [4.69, 9.17) is 4.42 Å². The van der Waals surface area contributed by atoms with Gasteiger partial charge in [0.2, 0.25) is 6.39 Å². The molecule has 4 heterocycles. The van der Waals surface area contributed by atoms with Crippen molar-refractivity contribution in [3.05, 3.63) is 41.5 Å². The molecule has 0 amide bonds. The molecule has 0 fully saturated rings. The number of hydrogen-bond acceptors (Lipinski definition) is 6. The van der Waals surface area contributed by atoms with Gasteiger partial charge in [-0.15, -0.1) is 10.2 Å². The standard InChI is InChI=1S/C15H4F6N6O/c16-14(17,18)8-2-10(15(19,20)21)25-12-7(8)1-6(3-22)11-24-9(4-27(11)12)13-26-23-5-28-13/h1-2,4-5H. The van der Waals surface area contributed by atoms with Crippen LogP contribution in [0.15, 0.2) is 29.1 Å². The predicted molar refractivity (Wildman–Crippen MR) is 78.5 cm³/mol. The minimum absolute atomic E-state index is 0.0470. The first-order valence-electron chi connectivity index (χ1n) is 7.27. The van der Waals surface area contributed by atoms with Crippen molar-refractivity contribution in [3.8, 4) is 17.7 Å². The molecule has 28 heavy (non-hydrogen) atoms. The number of fused-ring (bicyclic) bond motifs is 3. The molecule has 0 aliphatic rings. The summed E-state index contributed by atoms with van der Waals surface area (Å²) in [4.78, 5) is 7.34. The maximum atomic E-state index is 13.4. The Kier molecular flexibility index (Phi) is 3.57. The zero-order chi connectivity index (χ0) is 20.3. The first-order chi connectivity index (χ1) is 13.1. The minimum atomic E-state index is -5.12. The first kappa shape index (κ1) is 17.7. The topological polar surface area (TPSA) is 92.9 Å². The molecule has 4 aromatic rings. The molecule has 4 aromatic heterocycles. The second kappa shape index (κ2) is 5.65. The van der Waals surface area contributed by atoms with Crippen LogP contribution < -0.4 is 0 Å². The molecular formula is C15H4F6N6O.